The number of fused-ring (bicyclic) bond motifs is 6. The van der Waals surface area contributed by atoms with Gasteiger partial charge in [-0.3, -0.25) is 9.11 Å². The summed E-state index contributed by atoms with van der Waals surface area (Å²) in [5.41, 5.74) is 0. The van der Waals surface area contributed by atoms with Crippen LogP contribution >= 0.6 is 41.2 Å². The highest BCUT2D eigenvalue weighted by atomic mass is 33.1. The van der Waals surface area contributed by atoms with E-state index in [1.807, 2.05) is 48.5 Å². The van der Waals surface area contributed by atoms with Crippen LogP contribution in [0.2, 0.25) is 0 Å². The third-order valence-electron chi connectivity index (χ3n) is 4.94. The van der Waals surface area contributed by atoms with Gasteiger partial charge in [-0.05, 0) is 43.1 Å². The minimum absolute atomic E-state index is 0.613. The van der Waals surface area contributed by atoms with Crippen LogP contribution in [0, 0.1) is 9.02 Å². The first-order chi connectivity index (χ1) is 15.1. The predicted molar refractivity (Wildman–Crippen MR) is 129 cm³/mol. The van der Waals surface area contributed by atoms with Gasteiger partial charge in [0.05, 0.1) is 9.02 Å². The van der Waals surface area contributed by atoms with Gasteiger partial charge in [-0.1, -0.05) is 48.5 Å². The quantitative estimate of drug-likeness (QED) is 0.142. The van der Waals surface area contributed by atoms with Gasteiger partial charge in [0, 0.05) is 40.2 Å². The van der Waals surface area contributed by atoms with Crippen molar-refractivity contribution in [1.29, 1.82) is 0 Å². The normalized spacial score (nSPS) is 20.1. The molecule has 2 aliphatic rings. The molecule has 2 heterocycles. The summed E-state index contributed by atoms with van der Waals surface area (Å²) in [4.78, 5) is 1.57. The van der Waals surface area contributed by atoms with E-state index in [-0.39, 0.29) is 0 Å². The number of hydrogen-bond donors (Lipinski definition) is 2. The lowest BCUT2D eigenvalue weighted by atomic mass is 9.99. The van der Waals surface area contributed by atoms with Crippen molar-refractivity contribution in [3.8, 4) is 0 Å². The Bertz CT molecular complexity index is 1740. The molecule has 2 unspecified atom stereocenters. The SMILES string of the molecule is O=S(=O)(O)OS1=c2c3ccccc3c3c4c(c5ccccc5c(c24)S1)=S(OS(=O)(=O)O)S3. The standard InChI is InChI=1S/C18H10O8S6/c19-31(20,21)25-29-17-11-7-3-1-5-9(11)15-13-14(17)16(28-29)10-6-2-4-8-12(10)18(13)30(27-15)26-32(22,23)24/h1-8H,(H,19,20,21)(H,22,23,24). The first-order valence-electron chi connectivity index (χ1n) is 8.75. The molecule has 0 fully saturated rings. The van der Waals surface area contributed by atoms with E-state index >= 15 is 0 Å². The summed E-state index contributed by atoms with van der Waals surface area (Å²) in [6.07, 6.45) is 0. The van der Waals surface area contributed by atoms with Gasteiger partial charge in [0.2, 0.25) is 0 Å². The van der Waals surface area contributed by atoms with Gasteiger partial charge in [0.25, 0.3) is 0 Å². The molecule has 0 amide bonds. The molecule has 4 aromatic carbocycles. The molecule has 166 valence electrons. The summed E-state index contributed by atoms with van der Waals surface area (Å²) in [5.74, 6) is 0. The maximum absolute atomic E-state index is 11.6. The topological polar surface area (TPSA) is 127 Å². The first-order valence-corrected chi connectivity index (χ1v) is 16.4. The van der Waals surface area contributed by atoms with Crippen LogP contribution in [0.3, 0.4) is 0 Å². The molecule has 0 aromatic heterocycles. The van der Waals surface area contributed by atoms with E-state index in [4.69, 9.17) is 7.26 Å². The smallest absolute Gasteiger partial charge is 0.263 e. The monoisotopic (exact) mass is 546 g/mol. The minimum atomic E-state index is -4.73. The van der Waals surface area contributed by atoms with E-state index in [9.17, 15) is 25.9 Å². The summed E-state index contributed by atoms with van der Waals surface area (Å²) in [5, 5.41) is 4.50. The van der Waals surface area contributed by atoms with E-state index in [0.29, 0.717) is 9.02 Å². The van der Waals surface area contributed by atoms with Crippen molar-refractivity contribution in [1.82, 2.24) is 0 Å². The Morgan fingerprint density at radius 2 is 0.969 bits per heavy atom. The van der Waals surface area contributed by atoms with Crippen molar-refractivity contribution < 1.29 is 33.2 Å². The van der Waals surface area contributed by atoms with Crippen LogP contribution in [0.5, 0.6) is 0 Å². The molecule has 0 saturated carbocycles. The highest BCUT2D eigenvalue weighted by molar-refractivity contribution is 8.81. The van der Waals surface area contributed by atoms with Crippen molar-refractivity contribution in [3.63, 3.8) is 0 Å². The molecular weight excluding hydrogens is 537 g/mol. The van der Waals surface area contributed by atoms with E-state index in [1.54, 1.807) is 0 Å². The second kappa shape index (κ2) is 7.15. The maximum atomic E-state index is 11.6. The van der Waals surface area contributed by atoms with Gasteiger partial charge in [-0.2, -0.15) is 24.1 Å². The summed E-state index contributed by atoms with van der Waals surface area (Å²) in [6.45, 7) is 0. The molecule has 0 bridgehead atoms. The molecule has 2 N–H and O–H groups in total. The molecule has 6 rings (SSSR count). The second-order valence-electron chi connectivity index (χ2n) is 6.79. The lowest BCUT2D eigenvalue weighted by Gasteiger charge is -2.09. The van der Waals surface area contributed by atoms with Crippen LogP contribution in [0.25, 0.3) is 32.3 Å². The fourth-order valence-corrected chi connectivity index (χ4v) is 14.4. The van der Waals surface area contributed by atoms with Gasteiger partial charge in [0.15, 0.2) is 0 Å². The molecule has 4 aromatic rings. The maximum Gasteiger partial charge on any atom is 0.408 e. The van der Waals surface area contributed by atoms with Crippen LogP contribution in [0.15, 0.2) is 58.3 Å². The number of rotatable bonds is 4. The Balaban J connectivity index is 1.94. The zero-order chi connectivity index (χ0) is 22.4. The van der Waals surface area contributed by atoms with Gasteiger partial charge in [-0.25, -0.2) is 0 Å². The van der Waals surface area contributed by atoms with E-state index < -0.39 is 40.4 Å². The Morgan fingerprint density at radius 3 is 1.31 bits per heavy atom. The number of hydrogen-bond acceptors (Lipinski definition) is 8. The zero-order valence-electron chi connectivity index (χ0n) is 15.4. The van der Waals surface area contributed by atoms with Gasteiger partial charge >= 0.3 is 20.8 Å². The molecule has 0 saturated heterocycles. The highest BCUT2D eigenvalue weighted by Gasteiger charge is 2.32. The molecule has 0 radical (unpaired) electrons. The summed E-state index contributed by atoms with van der Waals surface area (Å²) in [6, 6.07) is 14.6. The van der Waals surface area contributed by atoms with Gasteiger partial charge in [0.1, 0.15) is 0 Å². The second-order valence-corrected chi connectivity index (χ2v) is 15.3. The highest BCUT2D eigenvalue weighted by Crippen LogP contribution is 2.63. The molecule has 2 atom stereocenters. The molecular formula is C18H10O8S6. The van der Waals surface area contributed by atoms with E-state index in [2.05, 4.69) is 0 Å². The van der Waals surface area contributed by atoms with Crippen LogP contribution in [0.4, 0.5) is 0 Å². The fraction of sp³-hybridized carbons (Fsp3) is 0. The van der Waals surface area contributed by atoms with Crippen LogP contribution in [-0.2, 0) is 28.1 Å². The lowest BCUT2D eigenvalue weighted by Crippen LogP contribution is -1.96. The predicted octanol–water partition coefficient (Wildman–Crippen LogP) is 5.70. The Morgan fingerprint density at radius 1 is 0.625 bits per heavy atom. The van der Waals surface area contributed by atoms with Crippen LogP contribution in [-0.4, -0.2) is 25.9 Å². The molecule has 0 aliphatic carbocycles. The lowest BCUT2D eigenvalue weighted by molar-refractivity contribution is 0.406. The Kier molecular flexibility index (Phi) is 4.77. The average molecular weight is 547 g/mol. The third kappa shape index (κ3) is 3.25. The summed E-state index contributed by atoms with van der Waals surface area (Å²) in [7, 11) is -9.80. The average Bonchev–Trinajstić information content (AvgIpc) is 3.25. The molecule has 14 heteroatoms. The van der Waals surface area contributed by atoms with E-state index in [0.717, 1.165) is 42.1 Å². The molecule has 32 heavy (non-hydrogen) atoms. The largest absolute Gasteiger partial charge is 0.408 e. The van der Waals surface area contributed by atoms with Crippen molar-refractivity contribution >= 4 is 94.3 Å². The minimum Gasteiger partial charge on any atom is -0.263 e. The summed E-state index contributed by atoms with van der Waals surface area (Å²) >= 11 is 0. The zero-order valence-corrected chi connectivity index (χ0v) is 20.3. The molecule has 8 nitrogen and oxygen atoms in total. The third-order valence-corrected chi connectivity index (χ3v) is 14.2. The fourth-order valence-electron chi connectivity index (χ4n) is 3.96. The molecule has 0 spiro atoms. The van der Waals surface area contributed by atoms with E-state index in [1.165, 1.54) is 21.6 Å². The summed E-state index contributed by atoms with van der Waals surface area (Å²) < 4.78 is 76.7. The Labute approximate surface area is 193 Å². The van der Waals surface area contributed by atoms with Crippen molar-refractivity contribution in [2.75, 3.05) is 0 Å². The van der Waals surface area contributed by atoms with Gasteiger partial charge < -0.3 is 0 Å². The van der Waals surface area contributed by atoms with Crippen LogP contribution < -0.4 is 0 Å². The van der Waals surface area contributed by atoms with Crippen molar-refractivity contribution in [3.05, 3.63) is 57.6 Å². The van der Waals surface area contributed by atoms with Crippen molar-refractivity contribution in [2.24, 2.45) is 0 Å². The van der Waals surface area contributed by atoms with Gasteiger partial charge in [-0.15, -0.1) is 0 Å². The molecule has 2 aliphatic heterocycles. The van der Waals surface area contributed by atoms with Crippen LogP contribution in [0.1, 0.15) is 0 Å². The Hall–Kier alpha value is -1.20. The first kappa shape index (κ1) is 21.3. The van der Waals surface area contributed by atoms with Crippen molar-refractivity contribution in [2.45, 2.75) is 9.79 Å². The number of benzene rings is 4.